The van der Waals surface area contributed by atoms with E-state index in [1.807, 2.05) is 42.5 Å². The Labute approximate surface area is 172 Å². The molecule has 7 heteroatoms. The fourth-order valence-electron chi connectivity index (χ4n) is 3.43. The standard InChI is InChI=1S/C23H17N3O4/c1-23(18-9-8-16-4-2-3-5-17(16)12-18)21(28)26(22(29)25-23)14-20(27)30-19-10-6-15(13-24)7-11-19/h2-12H,14H2,1H3,(H,25,29). The van der Waals surface area contributed by atoms with Gasteiger partial charge in [-0.2, -0.15) is 5.26 Å². The van der Waals surface area contributed by atoms with E-state index in [4.69, 9.17) is 10.00 Å². The molecule has 148 valence electrons. The molecule has 0 aliphatic carbocycles. The van der Waals surface area contributed by atoms with E-state index in [2.05, 4.69) is 5.32 Å². The van der Waals surface area contributed by atoms with Crippen molar-refractivity contribution in [3.05, 3.63) is 77.9 Å². The number of benzene rings is 3. The molecule has 1 unspecified atom stereocenters. The van der Waals surface area contributed by atoms with Gasteiger partial charge in [0, 0.05) is 0 Å². The van der Waals surface area contributed by atoms with Gasteiger partial charge in [0.2, 0.25) is 0 Å². The maximum atomic E-state index is 13.0. The van der Waals surface area contributed by atoms with E-state index in [0.717, 1.165) is 15.7 Å². The molecule has 1 atom stereocenters. The number of nitriles is 1. The number of urea groups is 1. The summed E-state index contributed by atoms with van der Waals surface area (Å²) in [5, 5.41) is 13.5. The van der Waals surface area contributed by atoms with E-state index >= 15 is 0 Å². The molecule has 1 aliphatic heterocycles. The molecule has 1 fully saturated rings. The Hall–Kier alpha value is -4.18. The molecule has 0 saturated carbocycles. The van der Waals surface area contributed by atoms with Crippen LogP contribution in [0.3, 0.4) is 0 Å². The van der Waals surface area contributed by atoms with Gasteiger partial charge in [-0.25, -0.2) is 9.59 Å². The monoisotopic (exact) mass is 399 g/mol. The molecular formula is C23H17N3O4. The predicted molar refractivity (Wildman–Crippen MR) is 108 cm³/mol. The van der Waals surface area contributed by atoms with Gasteiger partial charge in [0.05, 0.1) is 11.6 Å². The number of carbonyl (C=O) groups is 3. The first kappa shape index (κ1) is 19.2. The van der Waals surface area contributed by atoms with Gasteiger partial charge in [-0.15, -0.1) is 0 Å². The number of carbonyl (C=O) groups excluding carboxylic acids is 3. The second kappa shape index (κ2) is 7.33. The molecule has 0 spiro atoms. The summed E-state index contributed by atoms with van der Waals surface area (Å²) >= 11 is 0. The average Bonchev–Trinajstić information content (AvgIpc) is 2.98. The summed E-state index contributed by atoms with van der Waals surface area (Å²) in [6, 6.07) is 20.5. The molecule has 0 bridgehead atoms. The lowest BCUT2D eigenvalue weighted by molar-refractivity contribution is -0.140. The molecule has 3 aromatic rings. The Morgan fingerprint density at radius 2 is 1.77 bits per heavy atom. The Kier molecular flexibility index (Phi) is 4.68. The maximum absolute atomic E-state index is 13.0. The van der Waals surface area contributed by atoms with E-state index in [1.165, 1.54) is 24.3 Å². The number of hydrogen-bond acceptors (Lipinski definition) is 5. The van der Waals surface area contributed by atoms with Crippen molar-refractivity contribution in [2.24, 2.45) is 0 Å². The first-order valence-electron chi connectivity index (χ1n) is 9.25. The second-order valence-electron chi connectivity index (χ2n) is 7.12. The molecular weight excluding hydrogens is 382 g/mol. The minimum absolute atomic E-state index is 0.225. The van der Waals surface area contributed by atoms with Crippen molar-refractivity contribution in [1.82, 2.24) is 10.2 Å². The summed E-state index contributed by atoms with van der Waals surface area (Å²) in [7, 11) is 0. The predicted octanol–water partition coefficient (Wildman–Crippen LogP) is 3.08. The molecule has 1 saturated heterocycles. The van der Waals surface area contributed by atoms with Crippen LogP contribution in [0.4, 0.5) is 4.79 Å². The van der Waals surface area contributed by atoms with Gasteiger partial charge in [-0.1, -0.05) is 36.4 Å². The van der Waals surface area contributed by atoms with Gasteiger partial charge in [0.1, 0.15) is 17.8 Å². The van der Waals surface area contributed by atoms with Gasteiger partial charge in [0.25, 0.3) is 5.91 Å². The Bertz CT molecular complexity index is 1210. The molecule has 3 amide bonds. The third-order valence-corrected chi connectivity index (χ3v) is 5.10. The van der Waals surface area contributed by atoms with E-state index < -0.39 is 30.0 Å². The Balaban J connectivity index is 1.52. The molecule has 1 N–H and O–H groups in total. The number of nitrogens with one attached hydrogen (secondary N) is 1. The van der Waals surface area contributed by atoms with Crippen LogP contribution in [0.25, 0.3) is 10.8 Å². The smallest absolute Gasteiger partial charge is 0.331 e. The van der Waals surface area contributed by atoms with Crippen LogP contribution in [0.5, 0.6) is 5.75 Å². The summed E-state index contributed by atoms with van der Waals surface area (Å²) in [5.74, 6) is -1.06. The van der Waals surface area contributed by atoms with Crippen LogP contribution in [-0.4, -0.2) is 29.4 Å². The van der Waals surface area contributed by atoms with Gasteiger partial charge in [-0.3, -0.25) is 9.69 Å². The summed E-state index contributed by atoms with van der Waals surface area (Å²) in [6.45, 7) is 1.09. The van der Waals surface area contributed by atoms with E-state index in [1.54, 1.807) is 13.0 Å². The summed E-state index contributed by atoms with van der Waals surface area (Å²) in [4.78, 5) is 38.6. The quantitative estimate of drug-likeness (QED) is 0.413. The zero-order valence-electron chi connectivity index (χ0n) is 16.1. The zero-order valence-corrected chi connectivity index (χ0v) is 16.1. The molecule has 7 nitrogen and oxygen atoms in total. The Morgan fingerprint density at radius 3 is 2.47 bits per heavy atom. The number of ether oxygens (including phenoxy) is 1. The number of imide groups is 1. The van der Waals surface area contributed by atoms with E-state index in [-0.39, 0.29) is 5.75 Å². The molecule has 1 heterocycles. The van der Waals surface area contributed by atoms with Crippen molar-refractivity contribution >= 4 is 28.7 Å². The zero-order chi connectivity index (χ0) is 21.3. The fraction of sp³-hybridized carbons (Fsp3) is 0.130. The minimum atomic E-state index is -1.28. The maximum Gasteiger partial charge on any atom is 0.331 e. The van der Waals surface area contributed by atoms with Crippen molar-refractivity contribution in [3.63, 3.8) is 0 Å². The number of rotatable bonds is 4. The third kappa shape index (κ3) is 3.35. The lowest BCUT2D eigenvalue weighted by Gasteiger charge is -2.22. The van der Waals surface area contributed by atoms with Gasteiger partial charge in [-0.05, 0) is 53.6 Å². The van der Waals surface area contributed by atoms with E-state index in [0.29, 0.717) is 11.1 Å². The van der Waals surface area contributed by atoms with Crippen molar-refractivity contribution in [2.75, 3.05) is 6.54 Å². The molecule has 0 aromatic heterocycles. The number of esters is 1. The average molecular weight is 399 g/mol. The van der Waals surface area contributed by atoms with Crippen LogP contribution in [-0.2, 0) is 15.1 Å². The second-order valence-corrected chi connectivity index (χ2v) is 7.12. The largest absolute Gasteiger partial charge is 0.425 e. The fourth-order valence-corrected chi connectivity index (χ4v) is 3.43. The van der Waals surface area contributed by atoms with Crippen molar-refractivity contribution in [3.8, 4) is 11.8 Å². The highest BCUT2D eigenvalue weighted by atomic mass is 16.5. The van der Waals surface area contributed by atoms with Crippen molar-refractivity contribution < 1.29 is 19.1 Å². The lowest BCUT2D eigenvalue weighted by Crippen LogP contribution is -2.42. The van der Waals surface area contributed by atoms with Crippen LogP contribution in [0.1, 0.15) is 18.1 Å². The first-order chi connectivity index (χ1) is 14.4. The lowest BCUT2D eigenvalue weighted by atomic mass is 9.90. The highest BCUT2D eigenvalue weighted by molar-refractivity contribution is 6.09. The molecule has 3 aromatic carbocycles. The molecule has 30 heavy (non-hydrogen) atoms. The number of fused-ring (bicyclic) bond motifs is 1. The normalized spacial score (nSPS) is 18.2. The first-order valence-corrected chi connectivity index (χ1v) is 9.25. The van der Waals surface area contributed by atoms with Crippen LogP contribution in [0.2, 0.25) is 0 Å². The molecule has 4 rings (SSSR count). The number of nitrogens with zero attached hydrogens (tertiary/aromatic N) is 2. The minimum Gasteiger partial charge on any atom is -0.425 e. The summed E-state index contributed by atoms with van der Waals surface area (Å²) in [6.07, 6.45) is 0. The van der Waals surface area contributed by atoms with Crippen molar-refractivity contribution in [2.45, 2.75) is 12.5 Å². The van der Waals surface area contributed by atoms with Crippen molar-refractivity contribution in [1.29, 1.82) is 5.26 Å². The summed E-state index contributed by atoms with van der Waals surface area (Å²) in [5.41, 5.74) is -0.229. The SMILES string of the molecule is CC1(c2ccc3ccccc3c2)NC(=O)N(CC(=O)Oc2ccc(C#N)cc2)C1=O. The molecule has 1 aliphatic rings. The van der Waals surface area contributed by atoms with Crippen LogP contribution in [0, 0.1) is 11.3 Å². The highest BCUT2D eigenvalue weighted by Gasteiger charge is 2.49. The van der Waals surface area contributed by atoms with Crippen LogP contribution in [0.15, 0.2) is 66.7 Å². The van der Waals surface area contributed by atoms with Gasteiger partial charge < -0.3 is 10.1 Å². The van der Waals surface area contributed by atoms with Crippen LogP contribution >= 0.6 is 0 Å². The number of hydrogen-bond donors (Lipinski definition) is 1. The topological polar surface area (TPSA) is 99.5 Å². The molecule has 0 radical (unpaired) electrons. The Morgan fingerprint density at radius 1 is 1.07 bits per heavy atom. The van der Waals surface area contributed by atoms with Crippen LogP contribution < -0.4 is 10.1 Å². The third-order valence-electron chi connectivity index (χ3n) is 5.10. The van der Waals surface area contributed by atoms with Gasteiger partial charge in [0.15, 0.2) is 0 Å². The van der Waals surface area contributed by atoms with E-state index in [9.17, 15) is 14.4 Å². The number of amides is 3. The van der Waals surface area contributed by atoms with Gasteiger partial charge >= 0.3 is 12.0 Å². The summed E-state index contributed by atoms with van der Waals surface area (Å²) < 4.78 is 5.18. The highest BCUT2D eigenvalue weighted by Crippen LogP contribution is 2.31.